The van der Waals surface area contributed by atoms with E-state index in [1.54, 1.807) is 6.07 Å². The highest BCUT2D eigenvalue weighted by Gasteiger charge is 2.16. The normalized spacial score (nSPS) is 15.2. The molecule has 0 spiro atoms. The first kappa shape index (κ1) is 16.5. The van der Waals surface area contributed by atoms with Crippen LogP contribution in [0.15, 0.2) is 18.2 Å². The second-order valence-corrected chi connectivity index (χ2v) is 5.94. The molecule has 0 saturated carbocycles. The Morgan fingerprint density at radius 1 is 0.958 bits per heavy atom. The summed E-state index contributed by atoms with van der Waals surface area (Å²) < 4.78 is 40.2. The minimum absolute atomic E-state index is 0.159. The number of rotatable bonds is 3. The Balaban J connectivity index is 1.87. The summed E-state index contributed by atoms with van der Waals surface area (Å²) in [5.41, 5.74) is 0.559. The summed E-state index contributed by atoms with van der Waals surface area (Å²) in [6.45, 7) is 3.57. The van der Waals surface area contributed by atoms with Gasteiger partial charge in [0.2, 0.25) is 5.95 Å². The molecule has 0 unspecified atom stereocenters. The van der Waals surface area contributed by atoms with Crippen LogP contribution in [-0.4, -0.2) is 23.1 Å². The van der Waals surface area contributed by atoms with E-state index in [1.807, 2.05) is 6.92 Å². The van der Waals surface area contributed by atoms with Gasteiger partial charge in [-0.05, 0) is 31.9 Å². The average Bonchev–Trinajstić information content (AvgIpc) is 2.84. The van der Waals surface area contributed by atoms with Crippen molar-refractivity contribution >= 4 is 17.5 Å². The van der Waals surface area contributed by atoms with Crippen LogP contribution in [0.4, 0.5) is 30.6 Å². The highest BCUT2D eigenvalue weighted by Crippen LogP contribution is 2.24. The first-order valence-electron chi connectivity index (χ1n) is 8.06. The fourth-order valence-corrected chi connectivity index (χ4v) is 2.79. The Kier molecular flexibility index (Phi) is 4.87. The molecule has 1 aromatic carbocycles. The van der Waals surface area contributed by atoms with Gasteiger partial charge in [0.05, 0.1) is 5.69 Å². The second kappa shape index (κ2) is 7.07. The molecule has 2 aromatic rings. The lowest BCUT2D eigenvalue weighted by molar-refractivity contribution is 0.449. The van der Waals surface area contributed by atoms with Crippen LogP contribution < -0.4 is 10.2 Å². The first-order chi connectivity index (χ1) is 11.5. The van der Waals surface area contributed by atoms with Gasteiger partial charge in [0.25, 0.3) is 0 Å². The molecule has 1 aromatic heterocycles. The predicted octanol–water partition coefficient (Wildman–Crippen LogP) is 4.33. The largest absolute Gasteiger partial charge is 0.341 e. The van der Waals surface area contributed by atoms with Crippen LogP contribution in [-0.2, 0) is 0 Å². The molecule has 7 heteroatoms. The minimum Gasteiger partial charge on any atom is -0.341 e. The predicted molar refractivity (Wildman–Crippen MR) is 87.0 cm³/mol. The topological polar surface area (TPSA) is 41.1 Å². The quantitative estimate of drug-likeness (QED) is 0.847. The van der Waals surface area contributed by atoms with Gasteiger partial charge in [0.1, 0.15) is 5.82 Å². The second-order valence-electron chi connectivity index (χ2n) is 5.94. The SMILES string of the molecule is Cc1cc(Nc2ccc(F)c(F)c2F)nc(N2CCCCCC2)n1. The van der Waals surface area contributed by atoms with Crippen LogP contribution >= 0.6 is 0 Å². The van der Waals surface area contributed by atoms with Crippen molar-refractivity contribution in [1.82, 2.24) is 9.97 Å². The highest BCUT2D eigenvalue weighted by molar-refractivity contribution is 5.58. The van der Waals surface area contributed by atoms with E-state index in [-0.39, 0.29) is 5.69 Å². The van der Waals surface area contributed by atoms with Crippen molar-refractivity contribution in [3.63, 3.8) is 0 Å². The number of hydrogen-bond acceptors (Lipinski definition) is 4. The van der Waals surface area contributed by atoms with Crippen molar-refractivity contribution < 1.29 is 13.2 Å². The molecule has 1 aliphatic heterocycles. The molecule has 1 N–H and O–H groups in total. The molecule has 3 rings (SSSR count). The van der Waals surface area contributed by atoms with E-state index >= 15 is 0 Å². The van der Waals surface area contributed by atoms with Gasteiger partial charge in [-0.15, -0.1) is 0 Å². The van der Waals surface area contributed by atoms with Gasteiger partial charge in [0, 0.05) is 24.8 Å². The monoisotopic (exact) mass is 336 g/mol. The van der Waals surface area contributed by atoms with Gasteiger partial charge in [-0.3, -0.25) is 0 Å². The number of nitrogens with one attached hydrogen (secondary N) is 1. The summed E-state index contributed by atoms with van der Waals surface area (Å²) in [5.74, 6) is -3.06. The van der Waals surface area contributed by atoms with Crippen molar-refractivity contribution in [1.29, 1.82) is 0 Å². The van der Waals surface area contributed by atoms with Gasteiger partial charge in [-0.1, -0.05) is 12.8 Å². The van der Waals surface area contributed by atoms with E-state index < -0.39 is 17.5 Å². The van der Waals surface area contributed by atoms with Gasteiger partial charge in [0.15, 0.2) is 17.5 Å². The fraction of sp³-hybridized carbons (Fsp3) is 0.412. The van der Waals surface area contributed by atoms with Crippen LogP contribution in [0.2, 0.25) is 0 Å². The number of aromatic nitrogens is 2. The fourth-order valence-electron chi connectivity index (χ4n) is 2.79. The number of aryl methyl sites for hydroxylation is 1. The zero-order valence-corrected chi connectivity index (χ0v) is 13.5. The highest BCUT2D eigenvalue weighted by atomic mass is 19.2. The van der Waals surface area contributed by atoms with Crippen molar-refractivity contribution in [2.45, 2.75) is 32.6 Å². The van der Waals surface area contributed by atoms with Crippen molar-refractivity contribution in [2.75, 3.05) is 23.3 Å². The molecule has 0 amide bonds. The molecule has 1 aliphatic rings. The smallest absolute Gasteiger partial charge is 0.227 e. The van der Waals surface area contributed by atoms with E-state index in [0.29, 0.717) is 11.8 Å². The van der Waals surface area contributed by atoms with E-state index in [1.165, 1.54) is 12.8 Å². The lowest BCUT2D eigenvalue weighted by Gasteiger charge is -2.21. The Morgan fingerprint density at radius 2 is 1.67 bits per heavy atom. The number of anilines is 3. The molecular weight excluding hydrogens is 317 g/mol. The maximum Gasteiger partial charge on any atom is 0.227 e. The van der Waals surface area contributed by atoms with Crippen LogP contribution in [0.25, 0.3) is 0 Å². The molecule has 24 heavy (non-hydrogen) atoms. The first-order valence-corrected chi connectivity index (χ1v) is 8.06. The zero-order valence-electron chi connectivity index (χ0n) is 13.5. The van der Waals surface area contributed by atoms with Gasteiger partial charge < -0.3 is 10.2 Å². The van der Waals surface area contributed by atoms with E-state index in [4.69, 9.17) is 0 Å². The summed E-state index contributed by atoms with van der Waals surface area (Å²) >= 11 is 0. The maximum atomic E-state index is 13.8. The van der Waals surface area contributed by atoms with Crippen LogP contribution in [0.5, 0.6) is 0 Å². The number of halogens is 3. The summed E-state index contributed by atoms with van der Waals surface area (Å²) in [7, 11) is 0. The number of benzene rings is 1. The van der Waals surface area contributed by atoms with Gasteiger partial charge >= 0.3 is 0 Å². The van der Waals surface area contributed by atoms with E-state index in [2.05, 4.69) is 20.2 Å². The Morgan fingerprint density at radius 3 is 2.38 bits per heavy atom. The molecule has 2 heterocycles. The molecule has 4 nitrogen and oxygen atoms in total. The number of hydrogen-bond donors (Lipinski definition) is 1. The third-order valence-corrected chi connectivity index (χ3v) is 4.03. The Bertz CT molecular complexity index is 728. The third-order valence-electron chi connectivity index (χ3n) is 4.03. The lowest BCUT2D eigenvalue weighted by Crippen LogP contribution is -2.26. The molecule has 0 aliphatic carbocycles. The molecular formula is C17H19F3N4. The Labute approximate surface area is 138 Å². The summed E-state index contributed by atoms with van der Waals surface area (Å²) in [6, 6.07) is 3.67. The van der Waals surface area contributed by atoms with E-state index in [0.717, 1.165) is 43.8 Å². The van der Waals surface area contributed by atoms with Crippen molar-refractivity contribution in [3.05, 3.63) is 41.3 Å². The van der Waals surface area contributed by atoms with Crippen LogP contribution in [0.3, 0.4) is 0 Å². The summed E-state index contributed by atoms with van der Waals surface area (Å²) in [4.78, 5) is 11.0. The van der Waals surface area contributed by atoms with Crippen molar-refractivity contribution in [3.8, 4) is 0 Å². The van der Waals surface area contributed by atoms with E-state index in [9.17, 15) is 13.2 Å². The average molecular weight is 336 g/mol. The molecule has 0 bridgehead atoms. The minimum atomic E-state index is -1.50. The van der Waals surface area contributed by atoms with Gasteiger partial charge in [-0.2, -0.15) is 4.98 Å². The van der Waals surface area contributed by atoms with Crippen LogP contribution in [0.1, 0.15) is 31.4 Å². The molecule has 128 valence electrons. The van der Waals surface area contributed by atoms with Crippen molar-refractivity contribution in [2.24, 2.45) is 0 Å². The summed E-state index contributed by atoms with van der Waals surface area (Å²) in [6.07, 6.45) is 4.54. The molecule has 0 atom stereocenters. The Hall–Kier alpha value is -2.31. The molecule has 1 fully saturated rings. The maximum absolute atomic E-state index is 13.8. The molecule has 1 saturated heterocycles. The van der Waals surface area contributed by atoms with Crippen LogP contribution in [0, 0.1) is 24.4 Å². The zero-order chi connectivity index (χ0) is 17.1. The standard InChI is InChI=1S/C17H19F3N4/c1-11-10-14(22-13-7-6-12(18)15(19)16(13)20)23-17(21-11)24-8-4-2-3-5-9-24/h6-7,10H,2-5,8-9H2,1H3,(H,21,22,23). The number of nitrogens with zero attached hydrogens (tertiary/aromatic N) is 3. The molecule has 0 radical (unpaired) electrons. The third kappa shape index (κ3) is 3.60. The summed E-state index contributed by atoms with van der Waals surface area (Å²) in [5, 5.41) is 2.72. The lowest BCUT2D eigenvalue weighted by atomic mass is 10.2. The van der Waals surface area contributed by atoms with Gasteiger partial charge in [-0.25, -0.2) is 18.2 Å².